The van der Waals surface area contributed by atoms with E-state index in [1.54, 1.807) is 4.31 Å². The molecule has 4 aromatic rings. The largest absolute Gasteiger partial charge is 0.341 e. The highest BCUT2D eigenvalue weighted by Crippen LogP contribution is 2.41. The average molecular weight is 555 g/mol. The third kappa shape index (κ3) is 3.99. The quantitative estimate of drug-likeness (QED) is 0.355. The van der Waals surface area contributed by atoms with Gasteiger partial charge < -0.3 is 9.80 Å². The lowest BCUT2D eigenvalue weighted by Gasteiger charge is -2.32. The fourth-order valence-electron chi connectivity index (χ4n) is 5.26. The Balaban J connectivity index is 1.35. The van der Waals surface area contributed by atoms with Gasteiger partial charge in [-0.15, -0.1) is 5.10 Å². The second-order valence-corrected chi connectivity index (χ2v) is 13.4. The molecule has 192 valence electrons. The van der Waals surface area contributed by atoms with Crippen LogP contribution in [0, 0.1) is 18.3 Å². The molecule has 0 aliphatic carbocycles. The molecule has 0 saturated carbocycles. The Kier molecular flexibility index (Phi) is 5.76. The number of aromatic nitrogens is 4. The van der Waals surface area contributed by atoms with E-state index in [4.69, 9.17) is 15.1 Å². The molecule has 10 nitrogen and oxygen atoms in total. The van der Waals surface area contributed by atoms with Crippen molar-refractivity contribution < 1.29 is 8.42 Å². The van der Waals surface area contributed by atoms with Crippen molar-refractivity contribution in [3.63, 3.8) is 0 Å². The predicted octanol–water partition coefficient (Wildman–Crippen LogP) is 3.65. The summed E-state index contributed by atoms with van der Waals surface area (Å²) in [6.45, 7) is 5.22. The van der Waals surface area contributed by atoms with E-state index < -0.39 is 10.0 Å². The van der Waals surface area contributed by atoms with Crippen LogP contribution in [0.1, 0.15) is 29.5 Å². The second-order valence-electron chi connectivity index (χ2n) is 9.55. The van der Waals surface area contributed by atoms with Crippen LogP contribution in [0.5, 0.6) is 0 Å². The van der Waals surface area contributed by atoms with Gasteiger partial charge in [0.1, 0.15) is 16.6 Å². The normalized spacial score (nSPS) is 19.7. The SMILES string of the molecule is CCc1nc2sc(N3CC4CC3CN4S(C)(=O)=O)nn2c1N(C)c1nc(-c2ccc(C)cc2)c(C#N)s1. The van der Waals surface area contributed by atoms with Crippen molar-refractivity contribution in [2.45, 2.75) is 38.8 Å². The number of imidazole rings is 1. The van der Waals surface area contributed by atoms with Crippen LogP contribution in [-0.4, -0.2) is 70.8 Å². The van der Waals surface area contributed by atoms with Crippen molar-refractivity contribution >= 4 is 53.7 Å². The van der Waals surface area contributed by atoms with Crippen LogP contribution < -0.4 is 9.80 Å². The van der Waals surface area contributed by atoms with Crippen molar-refractivity contribution in [1.82, 2.24) is 23.9 Å². The molecule has 2 fully saturated rings. The van der Waals surface area contributed by atoms with Gasteiger partial charge in [0.05, 0.1) is 11.9 Å². The van der Waals surface area contributed by atoms with E-state index in [0.29, 0.717) is 28.8 Å². The van der Waals surface area contributed by atoms with E-state index in [9.17, 15) is 13.7 Å². The number of piperazine rings is 1. The summed E-state index contributed by atoms with van der Waals surface area (Å²) in [5.74, 6) is 0.829. The third-order valence-corrected chi connectivity index (χ3v) is 10.4. The van der Waals surface area contributed by atoms with Crippen LogP contribution >= 0.6 is 22.7 Å². The molecule has 2 aliphatic heterocycles. The number of fused-ring (bicyclic) bond motifs is 3. The van der Waals surface area contributed by atoms with Crippen LogP contribution in [0.15, 0.2) is 24.3 Å². The molecule has 2 bridgehead atoms. The Hall–Kier alpha value is -3.05. The van der Waals surface area contributed by atoms with Gasteiger partial charge in [0, 0.05) is 37.8 Å². The predicted molar refractivity (Wildman–Crippen MR) is 146 cm³/mol. The molecule has 2 atom stereocenters. The van der Waals surface area contributed by atoms with Gasteiger partial charge >= 0.3 is 0 Å². The highest BCUT2D eigenvalue weighted by atomic mass is 32.2. The van der Waals surface area contributed by atoms with E-state index >= 15 is 0 Å². The van der Waals surface area contributed by atoms with Gasteiger partial charge in [0.25, 0.3) is 0 Å². The van der Waals surface area contributed by atoms with Crippen molar-refractivity contribution in [3.05, 3.63) is 40.4 Å². The number of thiazole rings is 1. The summed E-state index contributed by atoms with van der Waals surface area (Å²) in [6, 6.07) is 10.4. The Morgan fingerprint density at radius 2 is 1.92 bits per heavy atom. The number of anilines is 3. The van der Waals surface area contributed by atoms with E-state index in [1.165, 1.54) is 28.9 Å². The molecule has 0 N–H and O–H groups in total. The smallest absolute Gasteiger partial charge is 0.216 e. The molecule has 0 amide bonds. The zero-order valence-corrected chi connectivity index (χ0v) is 23.4. The molecule has 6 rings (SSSR count). The average Bonchev–Trinajstić information content (AvgIpc) is 3.67. The zero-order chi connectivity index (χ0) is 26.1. The van der Waals surface area contributed by atoms with Gasteiger partial charge in [0.15, 0.2) is 10.9 Å². The summed E-state index contributed by atoms with van der Waals surface area (Å²) >= 11 is 2.87. The number of rotatable bonds is 6. The molecule has 2 saturated heterocycles. The Morgan fingerprint density at radius 1 is 1.16 bits per heavy atom. The molecule has 0 radical (unpaired) electrons. The first-order valence-electron chi connectivity index (χ1n) is 12.0. The molecule has 37 heavy (non-hydrogen) atoms. The van der Waals surface area contributed by atoms with E-state index in [0.717, 1.165) is 45.6 Å². The molecule has 13 heteroatoms. The fourth-order valence-corrected chi connectivity index (χ4v) is 8.24. The van der Waals surface area contributed by atoms with Crippen LogP contribution in [-0.2, 0) is 16.4 Å². The molecule has 2 unspecified atom stereocenters. The number of hydrogen-bond donors (Lipinski definition) is 0. The summed E-state index contributed by atoms with van der Waals surface area (Å²) in [5, 5.41) is 16.3. The maximum atomic E-state index is 12.1. The molecular weight excluding hydrogens is 529 g/mol. The maximum absolute atomic E-state index is 12.1. The number of sulfonamides is 1. The second kappa shape index (κ2) is 8.76. The lowest BCUT2D eigenvalue weighted by molar-refractivity contribution is 0.371. The Bertz CT molecular complexity index is 1650. The van der Waals surface area contributed by atoms with Crippen LogP contribution in [0.3, 0.4) is 0 Å². The number of hydrogen-bond acceptors (Lipinski definition) is 10. The maximum Gasteiger partial charge on any atom is 0.216 e. The molecule has 5 heterocycles. The van der Waals surface area contributed by atoms with Gasteiger partial charge in [-0.05, 0) is 19.8 Å². The highest BCUT2D eigenvalue weighted by molar-refractivity contribution is 7.88. The van der Waals surface area contributed by atoms with Crippen molar-refractivity contribution in [2.75, 3.05) is 36.2 Å². The minimum Gasteiger partial charge on any atom is -0.341 e. The van der Waals surface area contributed by atoms with E-state index in [2.05, 4.69) is 17.9 Å². The first-order chi connectivity index (χ1) is 17.7. The minimum absolute atomic E-state index is 0.00974. The first-order valence-corrected chi connectivity index (χ1v) is 15.5. The van der Waals surface area contributed by atoms with Crippen LogP contribution in [0.2, 0.25) is 0 Å². The summed E-state index contributed by atoms with van der Waals surface area (Å²) in [7, 11) is -1.27. The van der Waals surface area contributed by atoms with E-state index in [1.807, 2.05) is 47.7 Å². The molecule has 0 spiro atoms. The zero-order valence-electron chi connectivity index (χ0n) is 20.9. The topological polar surface area (TPSA) is 111 Å². The van der Waals surface area contributed by atoms with Gasteiger partial charge in [-0.3, -0.25) is 0 Å². The third-order valence-electron chi connectivity index (χ3n) is 7.08. The van der Waals surface area contributed by atoms with Crippen LogP contribution in [0.4, 0.5) is 16.1 Å². The number of nitriles is 1. The highest BCUT2D eigenvalue weighted by Gasteiger charge is 2.48. The van der Waals surface area contributed by atoms with E-state index in [-0.39, 0.29) is 12.1 Å². The minimum atomic E-state index is -3.20. The van der Waals surface area contributed by atoms with Crippen molar-refractivity contribution in [1.29, 1.82) is 5.26 Å². The van der Waals surface area contributed by atoms with Crippen LogP contribution in [0.25, 0.3) is 16.2 Å². The monoisotopic (exact) mass is 554 g/mol. The number of aryl methyl sites for hydroxylation is 2. The molecule has 1 aromatic carbocycles. The number of nitrogens with zero attached hydrogens (tertiary/aromatic N) is 8. The fraction of sp³-hybridized carbons (Fsp3) is 0.417. The van der Waals surface area contributed by atoms with Crippen molar-refractivity contribution in [3.8, 4) is 17.3 Å². The summed E-state index contributed by atoms with van der Waals surface area (Å²) in [6.07, 6.45) is 2.83. The summed E-state index contributed by atoms with van der Waals surface area (Å²) in [4.78, 5) is 15.2. The molecule has 2 aliphatic rings. The van der Waals surface area contributed by atoms with Gasteiger partial charge in [-0.25, -0.2) is 18.4 Å². The lowest BCUT2D eigenvalue weighted by Crippen LogP contribution is -2.48. The number of benzene rings is 1. The lowest BCUT2D eigenvalue weighted by atomic mass is 10.1. The Morgan fingerprint density at radius 3 is 2.54 bits per heavy atom. The Labute approximate surface area is 223 Å². The van der Waals surface area contributed by atoms with Gasteiger partial charge in [-0.1, -0.05) is 59.4 Å². The van der Waals surface area contributed by atoms with Gasteiger partial charge in [-0.2, -0.15) is 14.1 Å². The van der Waals surface area contributed by atoms with Crippen molar-refractivity contribution in [2.24, 2.45) is 0 Å². The van der Waals surface area contributed by atoms with Gasteiger partial charge in [0.2, 0.25) is 20.1 Å². The standard InChI is InChI=1S/C24H26N8O2S3/c1-5-18-21(29(3)22-27-20(19(11-25)35-22)15-8-6-14(2)7-9-15)32-23(26-18)36-24(28-32)30-12-17-10-16(30)13-31(17)37(4,33)34/h6-9,16-17H,5,10,12-13H2,1-4H3. The first kappa shape index (κ1) is 24.3. The summed E-state index contributed by atoms with van der Waals surface area (Å²) in [5.41, 5.74) is 3.65. The molecule has 3 aromatic heterocycles. The summed E-state index contributed by atoms with van der Waals surface area (Å²) < 4.78 is 27.7. The molecular formula is C24H26N8O2S3.